The molecule has 4 rings (SSSR count). The zero-order valence-corrected chi connectivity index (χ0v) is 18.9. The van der Waals surface area contributed by atoms with Crippen molar-refractivity contribution < 1.29 is 38.1 Å². The molecular formula is C26H33F2NO4. The fourth-order valence-electron chi connectivity index (χ4n) is 4.02. The topological polar surface area (TPSA) is 71.0 Å². The summed E-state index contributed by atoms with van der Waals surface area (Å²) in [6, 6.07) is 1.31. The van der Waals surface area contributed by atoms with Crippen LogP contribution in [0.4, 0.5) is 8.78 Å². The highest BCUT2D eigenvalue weighted by molar-refractivity contribution is 5.40. The number of halogens is 2. The smallest absolute Gasteiger partial charge is 0.136 e. The van der Waals surface area contributed by atoms with Crippen LogP contribution < -0.4 is 14.8 Å². The molecule has 0 spiro atoms. The van der Waals surface area contributed by atoms with Crippen LogP contribution >= 0.6 is 0 Å². The van der Waals surface area contributed by atoms with Gasteiger partial charge < -0.3 is 25.0 Å². The van der Waals surface area contributed by atoms with E-state index in [-0.39, 0.29) is 18.0 Å². The molecule has 5 nitrogen and oxygen atoms in total. The van der Waals surface area contributed by atoms with E-state index in [1.807, 2.05) is 6.92 Å². The highest BCUT2D eigenvalue weighted by atomic mass is 19.1. The Morgan fingerprint density at radius 1 is 1.30 bits per heavy atom. The molecule has 0 fully saturated rings. The van der Waals surface area contributed by atoms with Crippen molar-refractivity contribution in [2.24, 2.45) is 5.92 Å². The molecule has 2 aliphatic rings. The lowest BCUT2D eigenvalue weighted by Gasteiger charge is -2.44. The van der Waals surface area contributed by atoms with Crippen LogP contribution in [0.25, 0.3) is 0 Å². The third kappa shape index (κ3) is 4.72. The van der Waals surface area contributed by atoms with Crippen LogP contribution in [0.2, 0.25) is 0 Å². The first kappa shape index (κ1) is 16.4. The minimum atomic E-state index is -3.31. The van der Waals surface area contributed by atoms with Gasteiger partial charge in [-0.25, -0.2) is 8.78 Å². The molecule has 0 saturated carbocycles. The Morgan fingerprint density at radius 2 is 2.06 bits per heavy atom. The molecular weight excluding hydrogens is 428 g/mol. The number of aliphatic hydroxyl groups is 2. The summed E-state index contributed by atoms with van der Waals surface area (Å²) in [4.78, 5) is 0. The summed E-state index contributed by atoms with van der Waals surface area (Å²) in [5, 5.41) is 25.1. The van der Waals surface area contributed by atoms with E-state index in [4.69, 9.17) is 19.1 Å². The zero-order chi connectivity index (χ0) is 30.2. The number of rotatable bonds is 6. The van der Waals surface area contributed by atoms with E-state index in [0.29, 0.717) is 17.7 Å². The predicted molar refractivity (Wildman–Crippen MR) is 122 cm³/mol. The predicted octanol–water partition coefficient (Wildman–Crippen LogP) is 3.70. The molecule has 2 aliphatic heterocycles. The second kappa shape index (κ2) is 9.20. The van der Waals surface area contributed by atoms with Gasteiger partial charge in [-0.05, 0) is 86.9 Å². The van der Waals surface area contributed by atoms with E-state index >= 15 is 0 Å². The van der Waals surface area contributed by atoms with Gasteiger partial charge in [0.2, 0.25) is 0 Å². The molecule has 2 aromatic rings. The molecule has 33 heavy (non-hydrogen) atoms. The van der Waals surface area contributed by atoms with Crippen LogP contribution in [-0.2, 0) is 12.8 Å². The van der Waals surface area contributed by atoms with Crippen LogP contribution in [0.1, 0.15) is 53.4 Å². The number of fused-ring (bicyclic) bond motifs is 2. The number of ether oxygens (including phenoxy) is 2. The number of hydrogen-bond acceptors (Lipinski definition) is 5. The minimum Gasteiger partial charge on any atom is -0.487 e. The maximum absolute atomic E-state index is 14.5. The number of hydrogen-bond donors (Lipinski definition) is 3. The lowest BCUT2D eigenvalue weighted by Crippen LogP contribution is -2.58. The van der Waals surface area contributed by atoms with Gasteiger partial charge in [-0.15, -0.1) is 0 Å². The van der Waals surface area contributed by atoms with Crippen molar-refractivity contribution in [3.05, 3.63) is 58.6 Å². The molecule has 0 amide bonds. The largest absolute Gasteiger partial charge is 0.487 e. The number of benzene rings is 2. The van der Waals surface area contributed by atoms with E-state index in [0.717, 1.165) is 0 Å². The second-order valence-electron chi connectivity index (χ2n) is 8.91. The maximum atomic E-state index is 14.5. The van der Waals surface area contributed by atoms with Gasteiger partial charge in [-0.2, -0.15) is 0 Å². The summed E-state index contributed by atoms with van der Waals surface area (Å²) in [5.41, 5.74) is -1.64. The van der Waals surface area contributed by atoms with Crippen LogP contribution in [0.3, 0.4) is 0 Å². The quantitative estimate of drug-likeness (QED) is 0.603. The molecule has 7 heteroatoms. The lowest BCUT2D eigenvalue weighted by molar-refractivity contribution is -0.0868. The summed E-state index contributed by atoms with van der Waals surface area (Å²) < 4.78 is 98.6. The van der Waals surface area contributed by atoms with Crippen molar-refractivity contribution in [2.75, 3.05) is 6.54 Å². The third-order valence-electron chi connectivity index (χ3n) is 6.51. The number of aliphatic hydroxyl groups excluding tert-OH is 2. The Kier molecular flexibility index (Phi) is 4.58. The standard InChI is InChI=1S/C26H33F2NO4/c1-14-9-23-17(12-20(14)28)5-7-22(32-23)25(31)16(3)29-13-24(30)26(4)15(2)10-18-11-19(27)6-8-21(18)33-26/h6,8-9,11-12,15-16,22,24-25,29-31H,5,7,10,13H2,1-4H3/t15?,16?,22-,24+,25+,26+/m0/s1/i5D2,7D2,9D,12D,22D. The van der Waals surface area contributed by atoms with Gasteiger partial charge in [0.1, 0.15) is 47.0 Å². The normalized spacial score (nSPS) is 35.3. The van der Waals surface area contributed by atoms with Gasteiger partial charge in [-0.3, -0.25) is 0 Å². The molecule has 2 aromatic carbocycles. The van der Waals surface area contributed by atoms with E-state index in [1.165, 1.54) is 32.0 Å². The van der Waals surface area contributed by atoms with Gasteiger partial charge in [-0.1, -0.05) is 6.92 Å². The van der Waals surface area contributed by atoms with E-state index in [1.54, 1.807) is 6.92 Å². The summed E-state index contributed by atoms with van der Waals surface area (Å²) in [5.74, 6) is -2.11. The van der Waals surface area contributed by atoms with Gasteiger partial charge in [0, 0.05) is 24.0 Å². The Hall–Kier alpha value is -2.22. The highest BCUT2D eigenvalue weighted by Gasteiger charge is 2.44. The van der Waals surface area contributed by atoms with Crippen molar-refractivity contribution in [1.82, 2.24) is 5.32 Å². The average Bonchev–Trinajstić information content (AvgIpc) is 2.88. The highest BCUT2D eigenvalue weighted by Crippen LogP contribution is 2.39. The van der Waals surface area contributed by atoms with Gasteiger partial charge in [0.25, 0.3) is 0 Å². The first-order valence-corrected chi connectivity index (χ1v) is 10.9. The van der Waals surface area contributed by atoms with Crippen LogP contribution in [0, 0.1) is 24.5 Å². The monoisotopic (exact) mass is 468 g/mol. The van der Waals surface area contributed by atoms with Gasteiger partial charge in [0.15, 0.2) is 0 Å². The van der Waals surface area contributed by atoms with E-state index in [2.05, 4.69) is 5.32 Å². The lowest BCUT2D eigenvalue weighted by atomic mass is 9.78. The van der Waals surface area contributed by atoms with Crippen molar-refractivity contribution in [3.63, 3.8) is 0 Å². The Labute approximate surface area is 203 Å². The van der Waals surface area contributed by atoms with Crippen molar-refractivity contribution in [1.29, 1.82) is 0 Å². The molecule has 180 valence electrons. The van der Waals surface area contributed by atoms with Gasteiger partial charge in [0.05, 0.1) is 4.11 Å². The summed E-state index contributed by atoms with van der Waals surface area (Å²) >= 11 is 0. The molecule has 0 aliphatic carbocycles. The minimum absolute atomic E-state index is 0.191. The van der Waals surface area contributed by atoms with E-state index in [9.17, 15) is 19.0 Å². The van der Waals surface area contributed by atoms with Crippen molar-refractivity contribution in [3.8, 4) is 11.5 Å². The second-order valence-corrected chi connectivity index (χ2v) is 8.91. The first-order valence-electron chi connectivity index (χ1n) is 14.4. The number of nitrogens with one attached hydrogen (secondary N) is 1. The SMILES string of the molecule is [2H]c1c(C)c(F)c([2H])c2c1O[C@]([2H])([C@H](O)C(C)NC[C@@H](O)[C@]1(C)Oc3ccc(F)cc3CC1C)C([2H])([2H])C2([2H])[2H]. The molecule has 2 unspecified atom stereocenters. The summed E-state index contributed by atoms with van der Waals surface area (Å²) in [6.45, 7) is 5.89. The van der Waals surface area contributed by atoms with Crippen LogP contribution in [-0.4, -0.2) is 46.7 Å². The Morgan fingerprint density at radius 3 is 2.82 bits per heavy atom. The molecule has 0 saturated heterocycles. The first-order chi connectivity index (χ1) is 18.3. The molecule has 0 radical (unpaired) electrons. The molecule has 2 heterocycles. The third-order valence-corrected chi connectivity index (χ3v) is 6.51. The zero-order valence-electron chi connectivity index (χ0n) is 25.9. The van der Waals surface area contributed by atoms with Crippen molar-refractivity contribution >= 4 is 0 Å². The Balaban J connectivity index is 1.58. The molecule has 0 bridgehead atoms. The van der Waals surface area contributed by atoms with Gasteiger partial charge >= 0.3 is 0 Å². The summed E-state index contributed by atoms with van der Waals surface area (Å²) in [7, 11) is 0. The van der Waals surface area contributed by atoms with E-state index < -0.39 is 77.7 Å². The van der Waals surface area contributed by atoms with Crippen molar-refractivity contribution in [2.45, 2.75) is 76.8 Å². The van der Waals surface area contributed by atoms with Crippen LogP contribution in [0.15, 0.2) is 30.3 Å². The van der Waals surface area contributed by atoms with Crippen LogP contribution in [0.5, 0.6) is 11.5 Å². The average molecular weight is 469 g/mol. The molecule has 0 aromatic heterocycles. The Bertz CT molecular complexity index is 1330. The molecule has 3 N–H and O–H groups in total. The maximum Gasteiger partial charge on any atom is 0.136 e. The molecule has 6 atom stereocenters. The fourth-order valence-corrected chi connectivity index (χ4v) is 4.02. The summed E-state index contributed by atoms with van der Waals surface area (Å²) in [6.07, 6.45) is -12.3. The fraction of sp³-hybridized carbons (Fsp3) is 0.538.